The number of aromatic amines is 1. The zero-order valence-electron chi connectivity index (χ0n) is 15.9. The van der Waals surface area contributed by atoms with Gasteiger partial charge in [0.25, 0.3) is 5.91 Å². The first kappa shape index (κ1) is 19.0. The maximum Gasteiger partial charge on any atom is 0.272 e. The molecular weight excluding hydrogens is 370 g/mol. The summed E-state index contributed by atoms with van der Waals surface area (Å²) in [6.45, 7) is 1.60. The molecule has 29 heavy (non-hydrogen) atoms. The van der Waals surface area contributed by atoms with Gasteiger partial charge in [0.2, 0.25) is 5.91 Å². The summed E-state index contributed by atoms with van der Waals surface area (Å²) in [7, 11) is 0. The van der Waals surface area contributed by atoms with E-state index in [0.717, 1.165) is 35.9 Å². The van der Waals surface area contributed by atoms with Crippen LogP contribution in [-0.2, 0) is 16.1 Å². The Bertz CT molecular complexity index is 1040. The van der Waals surface area contributed by atoms with Crippen molar-refractivity contribution in [3.63, 3.8) is 0 Å². The lowest BCUT2D eigenvalue weighted by Gasteiger charge is -2.21. The molecule has 7 heteroatoms. The van der Waals surface area contributed by atoms with Crippen LogP contribution in [0.5, 0.6) is 5.75 Å². The normalized spacial score (nSPS) is 16.5. The van der Waals surface area contributed by atoms with Crippen molar-refractivity contribution in [3.05, 3.63) is 59.8 Å². The molecule has 1 atom stereocenters. The van der Waals surface area contributed by atoms with Gasteiger partial charge in [-0.2, -0.15) is 0 Å². The molecule has 1 aliphatic heterocycles. The van der Waals surface area contributed by atoms with Crippen molar-refractivity contribution < 1.29 is 19.4 Å². The third kappa shape index (κ3) is 4.57. The molecule has 4 N–H and O–H groups in total. The minimum atomic E-state index is -0.277. The maximum absolute atomic E-state index is 12.6. The summed E-state index contributed by atoms with van der Waals surface area (Å²) in [5.41, 5.74) is 2.72. The zero-order valence-corrected chi connectivity index (χ0v) is 15.9. The van der Waals surface area contributed by atoms with Crippen LogP contribution >= 0.6 is 0 Å². The van der Waals surface area contributed by atoms with E-state index < -0.39 is 0 Å². The summed E-state index contributed by atoms with van der Waals surface area (Å²) in [6, 6.07) is 14.0. The number of H-pyrrole nitrogens is 1. The van der Waals surface area contributed by atoms with Crippen LogP contribution in [0.25, 0.3) is 10.9 Å². The summed E-state index contributed by atoms with van der Waals surface area (Å²) < 4.78 is 5.36. The first-order valence-corrected chi connectivity index (χ1v) is 9.66. The molecule has 4 rings (SSSR count). The second-order valence-corrected chi connectivity index (χ2v) is 7.24. The van der Waals surface area contributed by atoms with Gasteiger partial charge in [0, 0.05) is 29.7 Å². The molecule has 150 valence electrons. The van der Waals surface area contributed by atoms with Crippen LogP contribution in [0.15, 0.2) is 48.5 Å². The Labute approximate surface area is 168 Å². The van der Waals surface area contributed by atoms with Gasteiger partial charge in [-0.15, -0.1) is 0 Å². The molecule has 3 aromatic rings. The predicted molar refractivity (Wildman–Crippen MR) is 110 cm³/mol. The lowest BCUT2D eigenvalue weighted by atomic mass is 10.0. The third-order valence-corrected chi connectivity index (χ3v) is 5.03. The van der Waals surface area contributed by atoms with Gasteiger partial charge in [0.1, 0.15) is 11.4 Å². The topological polar surface area (TPSA) is 103 Å². The van der Waals surface area contributed by atoms with E-state index in [-0.39, 0.29) is 23.5 Å². The number of aromatic nitrogens is 1. The van der Waals surface area contributed by atoms with Crippen molar-refractivity contribution in [1.29, 1.82) is 0 Å². The van der Waals surface area contributed by atoms with Crippen molar-refractivity contribution in [3.8, 4) is 5.75 Å². The van der Waals surface area contributed by atoms with Crippen molar-refractivity contribution in [1.82, 2.24) is 10.3 Å². The quantitative estimate of drug-likeness (QED) is 0.534. The minimum absolute atomic E-state index is 0.000432. The van der Waals surface area contributed by atoms with Gasteiger partial charge < -0.3 is 25.5 Å². The molecule has 1 aromatic heterocycles. The Hall–Kier alpha value is -3.32. The number of carbonyl (C=O) groups is 2. The number of hydrogen-bond donors (Lipinski definition) is 4. The number of hydrogen-bond acceptors (Lipinski definition) is 4. The lowest BCUT2D eigenvalue weighted by molar-refractivity contribution is -0.129. The number of anilines is 1. The van der Waals surface area contributed by atoms with Gasteiger partial charge in [-0.05, 0) is 54.8 Å². The molecule has 1 fully saturated rings. The monoisotopic (exact) mass is 393 g/mol. The highest BCUT2D eigenvalue weighted by molar-refractivity contribution is 6.06. The maximum atomic E-state index is 12.6. The van der Waals surface area contributed by atoms with Crippen molar-refractivity contribution in [2.45, 2.75) is 19.4 Å². The van der Waals surface area contributed by atoms with Crippen LogP contribution in [0, 0.1) is 5.92 Å². The number of aromatic hydroxyl groups is 1. The van der Waals surface area contributed by atoms with Crippen molar-refractivity contribution in [2.24, 2.45) is 5.92 Å². The highest BCUT2D eigenvalue weighted by Crippen LogP contribution is 2.21. The Morgan fingerprint density at radius 3 is 2.90 bits per heavy atom. The van der Waals surface area contributed by atoms with E-state index in [2.05, 4.69) is 15.6 Å². The molecule has 2 aromatic carbocycles. The van der Waals surface area contributed by atoms with E-state index in [0.29, 0.717) is 24.5 Å². The fraction of sp³-hybridized carbons (Fsp3) is 0.273. The van der Waals surface area contributed by atoms with E-state index in [4.69, 9.17) is 4.74 Å². The van der Waals surface area contributed by atoms with Gasteiger partial charge in [0.05, 0.1) is 12.5 Å². The molecule has 1 saturated heterocycles. The van der Waals surface area contributed by atoms with E-state index >= 15 is 0 Å². The fourth-order valence-electron chi connectivity index (χ4n) is 3.48. The Morgan fingerprint density at radius 2 is 2.07 bits per heavy atom. The highest BCUT2D eigenvalue weighted by Gasteiger charge is 2.21. The average Bonchev–Trinajstić information content (AvgIpc) is 3.16. The first-order valence-electron chi connectivity index (χ1n) is 9.66. The van der Waals surface area contributed by atoms with E-state index in [1.54, 1.807) is 30.3 Å². The summed E-state index contributed by atoms with van der Waals surface area (Å²) in [5, 5.41) is 16.1. The first-order chi connectivity index (χ1) is 14.1. The van der Waals surface area contributed by atoms with Crippen LogP contribution in [0.4, 0.5) is 5.69 Å². The largest absolute Gasteiger partial charge is 0.508 e. The van der Waals surface area contributed by atoms with Crippen LogP contribution in [0.3, 0.4) is 0 Å². The van der Waals surface area contributed by atoms with Crippen molar-refractivity contribution >= 4 is 28.4 Å². The number of amides is 2. The summed E-state index contributed by atoms with van der Waals surface area (Å²) in [5.74, 6) is -0.215. The summed E-state index contributed by atoms with van der Waals surface area (Å²) in [4.78, 5) is 27.9. The van der Waals surface area contributed by atoms with Crippen LogP contribution in [-0.4, -0.2) is 35.1 Å². The number of benzene rings is 2. The number of phenolic OH excluding ortho intramolecular Hbond substituents is 1. The average molecular weight is 393 g/mol. The second kappa shape index (κ2) is 8.36. The highest BCUT2D eigenvalue weighted by atomic mass is 16.5. The number of rotatable bonds is 5. The summed E-state index contributed by atoms with van der Waals surface area (Å²) in [6.07, 6.45) is 1.76. The molecule has 0 aliphatic carbocycles. The molecule has 2 heterocycles. The summed E-state index contributed by atoms with van der Waals surface area (Å²) >= 11 is 0. The van der Waals surface area contributed by atoms with Crippen LogP contribution < -0.4 is 10.6 Å². The van der Waals surface area contributed by atoms with Gasteiger partial charge in [-0.1, -0.05) is 12.1 Å². The SMILES string of the molecule is O=C(Nc1cccc(CNC(=O)C2CCCOC2)c1)c1cc2cc(O)ccc2[nH]1. The number of carbonyl (C=O) groups excluding carboxylic acids is 2. The van der Waals surface area contributed by atoms with E-state index in [1.807, 2.05) is 18.2 Å². The van der Waals surface area contributed by atoms with Crippen LogP contribution in [0.2, 0.25) is 0 Å². The fourth-order valence-corrected chi connectivity index (χ4v) is 3.48. The molecule has 1 unspecified atom stereocenters. The molecule has 0 radical (unpaired) electrons. The van der Waals surface area contributed by atoms with Crippen molar-refractivity contribution in [2.75, 3.05) is 18.5 Å². The Balaban J connectivity index is 1.38. The van der Waals surface area contributed by atoms with E-state index in [1.165, 1.54) is 0 Å². The van der Waals surface area contributed by atoms with Gasteiger partial charge in [-0.25, -0.2) is 0 Å². The third-order valence-electron chi connectivity index (χ3n) is 5.03. The molecule has 1 aliphatic rings. The number of ether oxygens (including phenoxy) is 1. The smallest absolute Gasteiger partial charge is 0.272 e. The molecular formula is C22H23N3O4. The Morgan fingerprint density at radius 1 is 1.17 bits per heavy atom. The number of nitrogens with one attached hydrogen (secondary N) is 3. The molecule has 2 amide bonds. The molecule has 0 bridgehead atoms. The zero-order chi connectivity index (χ0) is 20.2. The standard InChI is InChI=1S/C22H23N3O4/c26-18-6-7-19-16(10-18)11-20(25-19)22(28)24-17-5-1-3-14(9-17)12-23-21(27)15-4-2-8-29-13-15/h1,3,5-7,9-11,15,25-26H,2,4,8,12-13H2,(H,23,27)(H,24,28). The van der Waals surface area contributed by atoms with Gasteiger partial charge >= 0.3 is 0 Å². The second-order valence-electron chi connectivity index (χ2n) is 7.24. The number of phenols is 1. The lowest BCUT2D eigenvalue weighted by Crippen LogP contribution is -2.35. The molecule has 0 spiro atoms. The Kier molecular flexibility index (Phi) is 5.48. The van der Waals surface area contributed by atoms with Gasteiger partial charge in [-0.3, -0.25) is 9.59 Å². The van der Waals surface area contributed by atoms with Crippen LogP contribution in [0.1, 0.15) is 28.9 Å². The molecule has 0 saturated carbocycles. The number of fused-ring (bicyclic) bond motifs is 1. The van der Waals surface area contributed by atoms with Gasteiger partial charge in [0.15, 0.2) is 0 Å². The molecule has 7 nitrogen and oxygen atoms in total. The minimum Gasteiger partial charge on any atom is -0.508 e. The predicted octanol–water partition coefficient (Wildman–Crippen LogP) is 3.17. The van der Waals surface area contributed by atoms with E-state index in [9.17, 15) is 14.7 Å².